The zero-order chi connectivity index (χ0) is 14.4. The van der Waals surface area contributed by atoms with Crippen molar-refractivity contribution < 1.29 is 14.6 Å². The average Bonchev–Trinajstić information content (AvgIpc) is 2.63. The Bertz CT molecular complexity index is 432. The van der Waals surface area contributed by atoms with Crippen molar-refractivity contribution in [3.8, 4) is 11.5 Å². The van der Waals surface area contributed by atoms with Gasteiger partial charge in [-0.3, -0.25) is 0 Å². The van der Waals surface area contributed by atoms with E-state index >= 15 is 0 Å². The van der Waals surface area contributed by atoms with Gasteiger partial charge in [-0.1, -0.05) is 19.4 Å². The first kappa shape index (κ1) is 15.1. The highest BCUT2D eigenvalue weighted by Crippen LogP contribution is 2.30. The van der Waals surface area contributed by atoms with E-state index < -0.39 is 5.60 Å². The number of ether oxygens (including phenoxy) is 2. The molecule has 4 heteroatoms. The molecule has 0 bridgehead atoms. The molecular weight excluding hydrogens is 254 g/mol. The number of benzene rings is 1. The van der Waals surface area contributed by atoms with Crippen LogP contribution in [0.5, 0.6) is 11.5 Å². The zero-order valence-electron chi connectivity index (χ0n) is 12.4. The van der Waals surface area contributed by atoms with Gasteiger partial charge in [0.25, 0.3) is 0 Å². The zero-order valence-corrected chi connectivity index (χ0v) is 12.4. The number of hydrogen-bond donors (Lipinski definition) is 2. The van der Waals surface area contributed by atoms with Crippen LogP contribution in [-0.2, 0) is 6.54 Å². The Morgan fingerprint density at radius 1 is 1.25 bits per heavy atom. The standard InChI is InChI=1S/C16H25NO3/c1-3-7-16(2,18)12-17-11-13-5-6-14-15(10-13)20-9-4-8-19-14/h5-6,10,17-18H,3-4,7-9,11-12H2,1-2H3. The Kier molecular flexibility index (Phi) is 5.26. The Morgan fingerprint density at radius 3 is 2.75 bits per heavy atom. The molecule has 1 aliphatic heterocycles. The van der Waals surface area contributed by atoms with Crippen LogP contribution in [-0.4, -0.2) is 30.5 Å². The molecule has 0 saturated heterocycles. The number of fused-ring (bicyclic) bond motifs is 1. The molecule has 0 aliphatic carbocycles. The highest BCUT2D eigenvalue weighted by Gasteiger charge is 2.18. The first-order valence-electron chi connectivity index (χ1n) is 7.42. The Hall–Kier alpha value is -1.26. The van der Waals surface area contributed by atoms with E-state index in [1.165, 1.54) is 0 Å². The molecule has 0 amide bonds. The van der Waals surface area contributed by atoms with Crippen molar-refractivity contribution in [1.29, 1.82) is 0 Å². The van der Waals surface area contributed by atoms with Gasteiger partial charge in [-0.15, -0.1) is 0 Å². The van der Waals surface area contributed by atoms with Gasteiger partial charge in [0.15, 0.2) is 11.5 Å². The van der Waals surface area contributed by atoms with Crippen LogP contribution in [0.2, 0.25) is 0 Å². The summed E-state index contributed by atoms with van der Waals surface area (Å²) in [6.07, 6.45) is 2.71. The van der Waals surface area contributed by atoms with Gasteiger partial charge in [-0.05, 0) is 31.0 Å². The molecule has 1 unspecified atom stereocenters. The molecule has 4 nitrogen and oxygen atoms in total. The van der Waals surface area contributed by atoms with E-state index in [1.807, 2.05) is 25.1 Å². The summed E-state index contributed by atoms with van der Waals surface area (Å²) in [6.45, 7) is 6.68. The molecule has 20 heavy (non-hydrogen) atoms. The minimum Gasteiger partial charge on any atom is -0.490 e. The minimum absolute atomic E-state index is 0.593. The van der Waals surface area contributed by atoms with E-state index in [0.29, 0.717) is 19.8 Å². The van der Waals surface area contributed by atoms with Crippen molar-refractivity contribution in [2.24, 2.45) is 0 Å². The van der Waals surface area contributed by atoms with Crippen molar-refractivity contribution >= 4 is 0 Å². The van der Waals surface area contributed by atoms with Gasteiger partial charge in [0.05, 0.1) is 18.8 Å². The normalized spacial score (nSPS) is 17.4. The summed E-state index contributed by atoms with van der Waals surface area (Å²) in [5.41, 5.74) is 0.501. The van der Waals surface area contributed by atoms with Crippen molar-refractivity contribution in [2.45, 2.75) is 45.3 Å². The third kappa shape index (κ3) is 4.39. The summed E-state index contributed by atoms with van der Waals surface area (Å²) in [5, 5.41) is 13.4. The van der Waals surface area contributed by atoms with E-state index in [1.54, 1.807) is 0 Å². The first-order chi connectivity index (χ1) is 9.61. The van der Waals surface area contributed by atoms with Gasteiger partial charge in [0.1, 0.15) is 0 Å². The van der Waals surface area contributed by atoms with E-state index in [2.05, 4.69) is 12.2 Å². The fraction of sp³-hybridized carbons (Fsp3) is 0.625. The predicted octanol–water partition coefficient (Wildman–Crippen LogP) is 2.49. The maximum Gasteiger partial charge on any atom is 0.161 e. The number of aliphatic hydroxyl groups is 1. The van der Waals surface area contributed by atoms with E-state index in [-0.39, 0.29) is 0 Å². The minimum atomic E-state index is -0.639. The summed E-state index contributed by atoms with van der Waals surface area (Å²) in [4.78, 5) is 0. The van der Waals surface area contributed by atoms with E-state index in [9.17, 15) is 5.11 Å². The van der Waals surface area contributed by atoms with Gasteiger partial charge in [-0.2, -0.15) is 0 Å². The van der Waals surface area contributed by atoms with Crippen LogP contribution in [0.1, 0.15) is 38.7 Å². The van der Waals surface area contributed by atoms with Gasteiger partial charge in [-0.25, -0.2) is 0 Å². The maximum atomic E-state index is 10.1. The van der Waals surface area contributed by atoms with Crippen molar-refractivity contribution in [3.05, 3.63) is 23.8 Å². The molecule has 1 aliphatic rings. The highest BCUT2D eigenvalue weighted by molar-refractivity contribution is 5.43. The quantitative estimate of drug-likeness (QED) is 0.840. The average molecular weight is 279 g/mol. The number of nitrogens with one attached hydrogen (secondary N) is 1. The molecule has 0 spiro atoms. The fourth-order valence-electron chi connectivity index (χ4n) is 2.42. The molecule has 0 radical (unpaired) electrons. The Morgan fingerprint density at radius 2 is 2.00 bits per heavy atom. The third-order valence-electron chi connectivity index (χ3n) is 3.44. The van der Waals surface area contributed by atoms with Gasteiger partial charge < -0.3 is 19.9 Å². The van der Waals surface area contributed by atoms with E-state index in [0.717, 1.165) is 42.9 Å². The highest BCUT2D eigenvalue weighted by atomic mass is 16.5. The third-order valence-corrected chi connectivity index (χ3v) is 3.44. The van der Waals surface area contributed by atoms with Crippen molar-refractivity contribution in [1.82, 2.24) is 5.32 Å². The lowest BCUT2D eigenvalue weighted by Crippen LogP contribution is -2.37. The lowest BCUT2D eigenvalue weighted by atomic mass is 10.0. The summed E-state index contributed by atoms with van der Waals surface area (Å²) in [7, 11) is 0. The Balaban J connectivity index is 1.89. The van der Waals surface area contributed by atoms with Gasteiger partial charge in [0.2, 0.25) is 0 Å². The lowest BCUT2D eigenvalue weighted by Gasteiger charge is -2.23. The second-order valence-electron chi connectivity index (χ2n) is 5.68. The van der Waals surface area contributed by atoms with Gasteiger partial charge >= 0.3 is 0 Å². The maximum absolute atomic E-state index is 10.1. The van der Waals surface area contributed by atoms with Crippen LogP contribution < -0.4 is 14.8 Å². The monoisotopic (exact) mass is 279 g/mol. The second-order valence-corrected chi connectivity index (χ2v) is 5.68. The van der Waals surface area contributed by atoms with Crippen LogP contribution >= 0.6 is 0 Å². The van der Waals surface area contributed by atoms with Crippen LogP contribution in [0.4, 0.5) is 0 Å². The molecule has 2 N–H and O–H groups in total. The molecule has 1 aromatic carbocycles. The second kappa shape index (κ2) is 6.95. The summed E-state index contributed by atoms with van der Waals surface area (Å²) < 4.78 is 11.3. The van der Waals surface area contributed by atoms with Crippen molar-refractivity contribution in [2.75, 3.05) is 19.8 Å². The largest absolute Gasteiger partial charge is 0.490 e. The summed E-state index contributed by atoms with van der Waals surface area (Å²) in [6, 6.07) is 6.01. The summed E-state index contributed by atoms with van der Waals surface area (Å²) >= 11 is 0. The summed E-state index contributed by atoms with van der Waals surface area (Å²) in [5.74, 6) is 1.64. The molecular formula is C16H25NO3. The molecule has 0 fully saturated rings. The molecule has 1 heterocycles. The fourth-order valence-corrected chi connectivity index (χ4v) is 2.42. The van der Waals surface area contributed by atoms with Crippen LogP contribution in [0, 0.1) is 0 Å². The molecule has 0 saturated carbocycles. The lowest BCUT2D eigenvalue weighted by molar-refractivity contribution is 0.0498. The number of hydrogen-bond acceptors (Lipinski definition) is 4. The smallest absolute Gasteiger partial charge is 0.161 e. The molecule has 0 aromatic heterocycles. The van der Waals surface area contributed by atoms with Crippen LogP contribution in [0.25, 0.3) is 0 Å². The molecule has 1 aromatic rings. The van der Waals surface area contributed by atoms with Crippen LogP contribution in [0.3, 0.4) is 0 Å². The van der Waals surface area contributed by atoms with Crippen LogP contribution in [0.15, 0.2) is 18.2 Å². The van der Waals surface area contributed by atoms with E-state index in [4.69, 9.17) is 9.47 Å². The predicted molar refractivity (Wildman–Crippen MR) is 79.3 cm³/mol. The molecule has 112 valence electrons. The molecule has 2 rings (SSSR count). The SMILES string of the molecule is CCCC(C)(O)CNCc1ccc2c(c1)OCCCO2. The topological polar surface area (TPSA) is 50.7 Å². The Labute approximate surface area is 121 Å². The molecule has 1 atom stereocenters. The number of rotatable bonds is 6. The van der Waals surface area contributed by atoms with Gasteiger partial charge in [0, 0.05) is 19.5 Å². The first-order valence-corrected chi connectivity index (χ1v) is 7.42. The van der Waals surface area contributed by atoms with Crippen molar-refractivity contribution in [3.63, 3.8) is 0 Å².